The molecule has 0 spiro atoms. The highest BCUT2D eigenvalue weighted by molar-refractivity contribution is 6.21. The van der Waals surface area contributed by atoms with E-state index in [1.807, 2.05) is 27.7 Å². The Hall–Kier alpha value is -0.123. The Morgan fingerprint density at radius 1 is 1.08 bits per heavy atom. The van der Waals surface area contributed by atoms with Crippen molar-refractivity contribution >= 4 is 10.2 Å². The summed E-state index contributed by atoms with van der Waals surface area (Å²) in [4.78, 5) is 0. The molecule has 0 bridgehead atoms. The second-order valence-electron chi connectivity index (χ2n) is 3.55. The molecule has 3 heteroatoms. The first-order chi connectivity index (χ1) is 5.43. The summed E-state index contributed by atoms with van der Waals surface area (Å²) in [7, 11) is 0.919. The van der Waals surface area contributed by atoms with Gasteiger partial charge in [0.1, 0.15) is 0 Å². The smallest absolute Gasteiger partial charge is 0.175 e. The van der Waals surface area contributed by atoms with E-state index in [0.29, 0.717) is 0 Å². The maximum absolute atomic E-state index is 5.54. The molecule has 0 amide bonds. The molecule has 0 aliphatic carbocycles. The van der Waals surface area contributed by atoms with E-state index in [1.165, 1.54) is 0 Å². The van der Waals surface area contributed by atoms with Crippen molar-refractivity contribution in [2.75, 3.05) is 0 Å². The van der Waals surface area contributed by atoms with Crippen LogP contribution in [0.25, 0.3) is 0 Å². The summed E-state index contributed by atoms with van der Waals surface area (Å²) in [5.41, 5.74) is 0. The lowest BCUT2D eigenvalue weighted by Crippen LogP contribution is -2.26. The number of hydrogen-bond donors (Lipinski definition) is 0. The van der Waals surface area contributed by atoms with E-state index in [0.717, 1.165) is 15.4 Å². The molecule has 0 heterocycles. The second-order valence-corrected chi connectivity index (χ2v) is 4.83. The van der Waals surface area contributed by atoms with Crippen LogP contribution in [0.4, 0.5) is 0 Å². The minimum atomic E-state index is -0.198. The average molecular weight is 188 g/mol. The molecule has 0 saturated carbocycles. The molecule has 0 aromatic carbocycles. The summed E-state index contributed by atoms with van der Waals surface area (Å²) in [5, 5.41) is 1.05. The summed E-state index contributed by atoms with van der Waals surface area (Å²) >= 11 is 0. The Bertz CT molecular complexity index is 133. The lowest BCUT2D eigenvalue weighted by atomic mass is 10.4. The molecule has 0 atom stereocenters. The van der Waals surface area contributed by atoms with Gasteiger partial charge in [0.15, 0.2) is 6.29 Å². The molecule has 0 aromatic heterocycles. The number of hydrogen-bond acceptors (Lipinski definition) is 2. The van der Waals surface area contributed by atoms with E-state index in [-0.39, 0.29) is 18.5 Å². The normalized spacial score (nSPS) is 11.9. The van der Waals surface area contributed by atoms with Crippen molar-refractivity contribution in [1.29, 1.82) is 0 Å². The van der Waals surface area contributed by atoms with Gasteiger partial charge in [-0.1, -0.05) is 6.58 Å². The van der Waals surface area contributed by atoms with Gasteiger partial charge in [0.2, 0.25) is 0 Å². The Morgan fingerprint density at radius 3 is 1.58 bits per heavy atom. The largest absolute Gasteiger partial charge is 0.346 e. The van der Waals surface area contributed by atoms with Crippen LogP contribution < -0.4 is 0 Å². The van der Waals surface area contributed by atoms with E-state index in [2.05, 4.69) is 6.58 Å². The van der Waals surface area contributed by atoms with Crippen LogP contribution in [0.5, 0.6) is 0 Å². The Labute approximate surface area is 78.4 Å². The minimum Gasteiger partial charge on any atom is -0.346 e. The first-order valence-electron chi connectivity index (χ1n) is 4.39. The fourth-order valence-corrected chi connectivity index (χ4v) is 1.03. The predicted octanol–water partition coefficient (Wildman–Crippen LogP) is 1.04. The zero-order chi connectivity index (χ0) is 9.72. The fraction of sp³-hybridized carbons (Fsp3) is 0.778. The number of ether oxygens (including phenoxy) is 2. The summed E-state index contributed by atoms with van der Waals surface area (Å²) < 4.78 is 11.1. The van der Waals surface area contributed by atoms with Crippen LogP contribution in [-0.2, 0) is 9.47 Å². The van der Waals surface area contributed by atoms with Gasteiger partial charge in [-0.25, -0.2) is 0 Å². The molecule has 0 fully saturated rings. The van der Waals surface area contributed by atoms with Crippen LogP contribution in [0.15, 0.2) is 11.8 Å². The maximum atomic E-state index is 5.54. The third kappa shape index (κ3) is 5.52. The van der Waals surface area contributed by atoms with E-state index in [1.54, 1.807) is 0 Å². The van der Waals surface area contributed by atoms with Crippen LogP contribution in [0.3, 0.4) is 0 Å². The molecular formula is C9H20O2Si. The van der Waals surface area contributed by atoms with Crippen molar-refractivity contribution in [2.45, 2.75) is 46.2 Å². The molecule has 0 aliphatic rings. The molecule has 0 aliphatic heterocycles. The van der Waals surface area contributed by atoms with E-state index in [4.69, 9.17) is 9.47 Å². The maximum Gasteiger partial charge on any atom is 0.175 e. The highest BCUT2D eigenvalue weighted by Gasteiger charge is 2.13. The Morgan fingerprint density at radius 2 is 1.42 bits per heavy atom. The number of rotatable bonds is 5. The van der Waals surface area contributed by atoms with Gasteiger partial charge in [-0.05, 0) is 32.9 Å². The van der Waals surface area contributed by atoms with Gasteiger partial charge < -0.3 is 9.47 Å². The summed E-state index contributed by atoms with van der Waals surface area (Å²) in [6.45, 7) is 11.9. The first kappa shape index (κ1) is 11.9. The molecule has 0 rings (SSSR count). The van der Waals surface area contributed by atoms with Crippen molar-refractivity contribution in [3.63, 3.8) is 0 Å². The van der Waals surface area contributed by atoms with Gasteiger partial charge in [-0.2, -0.15) is 0 Å². The Kier molecular flexibility index (Phi) is 5.45. The average Bonchev–Trinajstić information content (AvgIpc) is 1.83. The van der Waals surface area contributed by atoms with Gasteiger partial charge in [0.25, 0.3) is 0 Å². The van der Waals surface area contributed by atoms with Crippen molar-refractivity contribution in [3.05, 3.63) is 11.8 Å². The third-order valence-corrected chi connectivity index (χ3v) is 1.67. The monoisotopic (exact) mass is 188 g/mol. The standard InChI is InChI=1S/C9H20O2Si/c1-6(2)10-9(8(5)12)11-7(3)4/h6-7,9H,5H2,1-4,12H3. The van der Waals surface area contributed by atoms with Gasteiger partial charge in [0, 0.05) is 10.2 Å². The fourth-order valence-electron chi connectivity index (χ4n) is 0.759. The van der Waals surface area contributed by atoms with E-state index in [9.17, 15) is 0 Å². The summed E-state index contributed by atoms with van der Waals surface area (Å²) in [5.74, 6) is 0. The van der Waals surface area contributed by atoms with Crippen LogP contribution in [0, 0.1) is 0 Å². The predicted molar refractivity (Wildman–Crippen MR) is 55.3 cm³/mol. The molecule has 72 valence electrons. The third-order valence-electron chi connectivity index (χ3n) is 1.19. The van der Waals surface area contributed by atoms with Crippen LogP contribution in [-0.4, -0.2) is 28.7 Å². The minimum absolute atomic E-state index is 0.194. The van der Waals surface area contributed by atoms with Crippen LogP contribution >= 0.6 is 0 Å². The second kappa shape index (κ2) is 5.51. The molecule has 0 saturated heterocycles. The highest BCUT2D eigenvalue weighted by Crippen LogP contribution is 2.08. The quantitative estimate of drug-likeness (QED) is 0.474. The van der Waals surface area contributed by atoms with E-state index >= 15 is 0 Å². The lowest BCUT2D eigenvalue weighted by Gasteiger charge is -2.23. The molecule has 0 radical (unpaired) electrons. The van der Waals surface area contributed by atoms with Crippen molar-refractivity contribution in [3.8, 4) is 0 Å². The highest BCUT2D eigenvalue weighted by atomic mass is 28.1. The molecule has 0 N–H and O–H groups in total. The first-order valence-corrected chi connectivity index (χ1v) is 5.39. The SMILES string of the molecule is C=C([SiH3])C(OC(C)C)OC(C)C. The topological polar surface area (TPSA) is 18.5 Å². The zero-order valence-corrected chi connectivity index (χ0v) is 10.8. The summed E-state index contributed by atoms with van der Waals surface area (Å²) in [6, 6.07) is 0. The van der Waals surface area contributed by atoms with Crippen molar-refractivity contribution in [1.82, 2.24) is 0 Å². The molecule has 12 heavy (non-hydrogen) atoms. The zero-order valence-electron chi connectivity index (χ0n) is 8.76. The summed E-state index contributed by atoms with van der Waals surface area (Å²) in [6.07, 6.45) is 0.190. The lowest BCUT2D eigenvalue weighted by molar-refractivity contribution is -0.155. The molecule has 2 nitrogen and oxygen atoms in total. The van der Waals surface area contributed by atoms with Crippen molar-refractivity contribution in [2.24, 2.45) is 0 Å². The molecule has 0 unspecified atom stereocenters. The Balaban J connectivity index is 3.96. The van der Waals surface area contributed by atoms with Gasteiger partial charge in [-0.3, -0.25) is 0 Å². The molecule has 0 aromatic rings. The van der Waals surface area contributed by atoms with Crippen molar-refractivity contribution < 1.29 is 9.47 Å². The van der Waals surface area contributed by atoms with Crippen LogP contribution in [0.2, 0.25) is 0 Å². The van der Waals surface area contributed by atoms with Gasteiger partial charge in [0.05, 0.1) is 12.2 Å². The van der Waals surface area contributed by atoms with Gasteiger partial charge >= 0.3 is 0 Å². The van der Waals surface area contributed by atoms with Gasteiger partial charge in [-0.15, -0.1) is 0 Å². The van der Waals surface area contributed by atoms with Crippen LogP contribution in [0.1, 0.15) is 27.7 Å². The van der Waals surface area contributed by atoms with E-state index < -0.39 is 0 Å². The molecular weight excluding hydrogens is 168 g/mol.